The molecule has 9 nitrogen and oxygen atoms in total. The lowest BCUT2D eigenvalue weighted by molar-refractivity contribution is -0.384. The van der Waals surface area contributed by atoms with E-state index in [9.17, 15) is 28.1 Å². The first-order valence-electron chi connectivity index (χ1n) is 8.79. The third-order valence-electron chi connectivity index (χ3n) is 4.36. The molecule has 2 aromatic rings. The maximum absolute atomic E-state index is 13.4. The number of carbonyl (C=O) groups is 2. The topological polar surface area (TPSA) is 144 Å². The second-order valence-electron chi connectivity index (χ2n) is 6.29. The standard InChI is InChI=1S/C20H18N2O7S/c1-3-29-20(24)18(13(2)23)19(15-6-4-14(12-21)5-7-15)30(27,28)17-10-8-16(9-11-17)22(25)26/h4-11,18-19H,3H2,1-2H3. The zero-order chi connectivity index (χ0) is 22.5. The summed E-state index contributed by atoms with van der Waals surface area (Å²) in [5, 5.41) is 18.2. The van der Waals surface area contributed by atoms with Crippen LogP contribution in [0.4, 0.5) is 5.69 Å². The highest BCUT2D eigenvalue weighted by molar-refractivity contribution is 7.91. The van der Waals surface area contributed by atoms with Crippen LogP contribution in [-0.4, -0.2) is 31.7 Å². The van der Waals surface area contributed by atoms with Crippen LogP contribution in [0.2, 0.25) is 0 Å². The number of benzene rings is 2. The first kappa shape index (κ1) is 22.7. The second-order valence-corrected chi connectivity index (χ2v) is 8.36. The SMILES string of the molecule is CCOC(=O)C(C(C)=O)C(c1ccc(C#N)cc1)S(=O)(=O)c1ccc([N+](=O)[O-])cc1. The molecule has 0 aliphatic heterocycles. The largest absolute Gasteiger partial charge is 0.465 e. The Kier molecular flexibility index (Phi) is 7.02. The summed E-state index contributed by atoms with van der Waals surface area (Å²) >= 11 is 0. The van der Waals surface area contributed by atoms with Crippen LogP contribution in [-0.2, 0) is 24.2 Å². The smallest absolute Gasteiger partial charge is 0.318 e. The summed E-state index contributed by atoms with van der Waals surface area (Å²) in [5.74, 6) is -3.36. The van der Waals surface area contributed by atoms with Gasteiger partial charge in [0, 0.05) is 12.1 Å². The van der Waals surface area contributed by atoms with Crippen LogP contribution in [0.15, 0.2) is 53.4 Å². The van der Waals surface area contributed by atoms with Gasteiger partial charge in [0.05, 0.1) is 28.1 Å². The number of ether oxygens (including phenoxy) is 1. The lowest BCUT2D eigenvalue weighted by atomic mass is 9.94. The van der Waals surface area contributed by atoms with E-state index in [0.29, 0.717) is 0 Å². The first-order valence-corrected chi connectivity index (χ1v) is 10.3. The van der Waals surface area contributed by atoms with Crippen molar-refractivity contribution in [2.24, 2.45) is 5.92 Å². The molecule has 0 N–H and O–H groups in total. The van der Waals surface area contributed by atoms with E-state index in [1.54, 1.807) is 0 Å². The van der Waals surface area contributed by atoms with Gasteiger partial charge < -0.3 is 4.74 Å². The number of sulfone groups is 1. The molecule has 0 radical (unpaired) electrons. The molecular formula is C20H18N2O7S. The second kappa shape index (κ2) is 9.28. The molecule has 30 heavy (non-hydrogen) atoms. The van der Waals surface area contributed by atoms with Crippen LogP contribution < -0.4 is 0 Å². The van der Waals surface area contributed by atoms with Crippen molar-refractivity contribution in [3.63, 3.8) is 0 Å². The van der Waals surface area contributed by atoms with Gasteiger partial charge in [-0.15, -0.1) is 0 Å². The Morgan fingerprint density at radius 1 is 1.13 bits per heavy atom. The molecule has 0 bridgehead atoms. The molecule has 0 aromatic heterocycles. The van der Waals surface area contributed by atoms with Crippen molar-refractivity contribution in [2.45, 2.75) is 24.0 Å². The van der Waals surface area contributed by atoms with Gasteiger partial charge in [0.15, 0.2) is 9.84 Å². The van der Waals surface area contributed by atoms with E-state index in [1.165, 1.54) is 31.2 Å². The highest BCUT2D eigenvalue weighted by Crippen LogP contribution is 2.37. The maximum atomic E-state index is 13.4. The summed E-state index contributed by atoms with van der Waals surface area (Å²) in [4.78, 5) is 34.7. The van der Waals surface area contributed by atoms with Crippen molar-refractivity contribution in [1.82, 2.24) is 0 Å². The lowest BCUT2D eigenvalue weighted by Crippen LogP contribution is -2.34. The lowest BCUT2D eigenvalue weighted by Gasteiger charge is -2.24. The molecule has 156 valence electrons. The third-order valence-corrected chi connectivity index (χ3v) is 6.50. The van der Waals surface area contributed by atoms with E-state index in [-0.39, 0.29) is 28.3 Å². The molecule has 0 amide bonds. The van der Waals surface area contributed by atoms with Crippen molar-refractivity contribution in [2.75, 3.05) is 6.61 Å². The van der Waals surface area contributed by atoms with Gasteiger partial charge in [0.25, 0.3) is 5.69 Å². The molecule has 0 saturated carbocycles. The van der Waals surface area contributed by atoms with Crippen LogP contribution in [0, 0.1) is 27.4 Å². The number of rotatable bonds is 8. The number of nitro groups is 1. The summed E-state index contributed by atoms with van der Waals surface area (Å²) in [5.41, 5.74) is 0.0683. The van der Waals surface area contributed by atoms with Crippen LogP contribution >= 0.6 is 0 Å². The number of ketones is 1. The fourth-order valence-electron chi connectivity index (χ4n) is 2.94. The number of nitriles is 1. The number of non-ortho nitro benzene ring substituents is 1. The van der Waals surface area contributed by atoms with Gasteiger partial charge in [-0.25, -0.2) is 8.42 Å². The molecule has 0 heterocycles. The summed E-state index contributed by atoms with van der Waals surface area (Å²) in [6, 6.07) is 11.5. The predicted octanol–water partition coefficient (Wildman–Crippen LogP) is 2.75. The zero-order valence-corrected chi connectivity index (χ0v) is 17.0. The van der Waals surface area contributed by atoms with E-state index in [1.807, 2.05) is 6.07 Å². The Balaban J connectivity index is 2.69. The molecule has 2 atom stereocenters. The van der Waals surface area contributed by atoms with Gasteiger partial charge in [0.1, 0.15) is 17.0 Å². The van der Waals surface area contributed by atoms with Crippen molar-refractivity contribution in [3.05, 3.63) is 69.8 Å². The molecule has 0 fully saturated rings. The Morgan fingerprint density at radius 2 is 1.70 bits per heavy atom. The van der Waals surface area contributed by atoms with Gasteiger partial charge in [-0.2, -0.15) is 5.26 Å². The molecule has 0 aliphatic rings. The van der Waals surface area contributed by atoms with Crippen molar-refractivity contribution in [3.8, 4) is 6.07 Å². The van der Waals surface area contributed by atoms with Crippen LogP contribution in [0.3, 0.4) is 0 Å². The Hall–Kier alpha value is -3.58. The molecule has 0 aliphatic carbocycles. The maximum Gasteiger partial charge on any atom is 0.318 e. The Bertz CT molecular complexity index is 1100. The molecule has 2 rings (SSSR count). The van der Waals surface area contributed by atoms with E-state index in [2.05, 4.69) is 0 Å². The Morgan fingerprint density at radius 3 is 2.13 bits per heavy atom. The number of hydrogen-bond donors (Lipinski definition) is 0. The Labute approximate surface area is 173 Å². The molecular weight excluding hydrogens is 412 g/mol. The van der Waals surface area contributed by atoms with E-state index in [4.69, 9.17) is 10.00 Å². The van der Waals surface area contributed by atoms with Gasteiger partial charge in [-0.1, -0.05) is 12.1 Å². The fraction of sp³-hybridized carbons (Fsp3) is 0.250. The van der Waals surface area contributed by atoms with Crippen molar-refractivity contribution < 1.29 is 27.7 Å². The number of nitro benzene ring substituents is 1. The van der Waals surface area contributed by atoms with Gasteiger partial charge >= 0.3 is 5.97 Å². The van der Waals surface area contributed by atoms with Crippen molar-refractivity contribution in [1.29, 1.82) is 5.26 Å². The highest BCUT2D eigenvalue weighted by Gasteiger charge is 2.43. The molecule has 0 spiro atoms. The predicted molar refractivity (Wildman–Crippen MR) is 105 cm³/mol. The van der Waals surface area contributed by atoms with E-state index >= 15 is 0 Å². The van der Waals surface area contributed by atoms with Gasteiger partial charge in [0.2, 0.25) is 0 Å². The number of hydrogen-bond acceptors (Lipinski definition) is 8. The number of Topliss-reactive ketones (excluding diaryl/α,β-unsaturated/α-hetero) is 1. The zero-order valence-electron chi connectivity index (χ0n) is 16.1. The number of carbonyl (C=O) groups excluding carboxylic acids is 2. The molecule has 0 saturated heterocycles. The van der Waals surface area contributed by atoms with Gasteiger partial charge in [-0.05, 0) is 43.7 Å². The summed E-state index contributed by atoms with van der Waals surface area (Å²) in [6.45, 7) is 2.56. The monoisotopic (exact) mass is 430 g/mol. The average Bonchev–Trinajstić information content (AvgIpc) is 2.71. The summed E-state index contributed by atoms with van der Waals surface area (Å²) in [6.07, 6.45) is 0. The van der Waals surface area contributed by atoms with Crippen molar-refractivity contribution >= 4 is 27.3 Å². The summed E-state index contributed by atoms with van der Waals surface area (Å²) in [7, 11) is -4.35. The number of nitrogens with zero attached hydrogens (tertiary/aromatic N) is 2. The molecule has 2 unspecified atom stereocenters. The molecule has 10 heteroatoms. The normalized spacial score (nSPS) is 13.0. The van der Waals surface area contributed by atoms with E-state index < -0.39 is 37.7 Å². The summed E-state index contributed by atoms with van der Waals surface area (Å²) < 4.78 is 31.8. The fourth-order valence-corrected chi connectivity index (χ4v) is 4.92. The van der Waals surface area contributed by atoms with Crippen LogP contribution in [0.1, 0.15) is 30.2 Å². The minimum absolute atomic E-state index is 0.0553. The van der Waals surface area contributed by atoms with Crippen LogP contribution in [0.25, 0.3) is 0 Å². The quantitative estimate of drug-likeness (QED) is 0.269. The third kappa shape index (κ3) is 4.69. The molecule has 2 aromatic carbocycles. The van der Waals surface area contributed by atoms with Crippen LogP contribution in [0.5, 0.6) is 0 Å². The minimum Gasteiger partial charge on any atom is -0.465 e. The highest BCUT2D eigenvalue weighted by atomic mass is 32.2. The number of esters is 1. The van der Waals surface area contributed by atoms with E-state index in [0.717, 1.165) is 31.2 Å². The minimum atomic E-state index is -4.35. The first-order chi connectivity index (χ1) is 14.1. The van der Waals surface area contributed by atoms with Gasteiger partial charge in [-0.3, -0.25) is 19.7 Å². The average molecular weight is 430 g/mol.